The molecule has 0 bridgehead atoms. The van der Waals surface area contributed by atoms with Gasteiger partial charge in [-0.1, -0.05) is 32.0 Å². The number of hydrogen-bond acceptors (Lipinski definition) is 4. The molecule has 0 radical (unpaired) electrons. The number of piperidine rings is 1. The first-order valence-electron chi connectivity index (χ1n) is 8.94. The lowest BCUT2D eigenvalue weighted by atomic mass is 9.92. The molecule has 0 saturated carbocycles. The first-order chi connectivity index (χ1) is 12.4. The Bertz CT molecular complexity index is 865. The zero-order chi connectivity index (χ0) is 18.8. The topological polar surface area (TPSA) is 64.4 Å². The summed E-state index contributed by atoms with van der Waals surface area (Å²) in [6, 6.07) is 8.80. The van der Waals surface area contributed by atoms with Crippen LogP contribution in [0.3, 0.4) is 0 Å². The van der Waals surface area contributed by atoms with E-state index in [0.29, 0.717) is 30.6 Å². The van der Waals surface area contributed by atoms with Gasteiger partial charge in [0.1, 0.15) is 0 Å². The average Bonchev–Trinajstić information content (AvgIpc) is 2.60. The van der Waals surface area contributed by atoms with E-state index < -0.39 is 0 Å². The summed E-state index contributed by atoms with van der Waals surface area (Å²) in [7, 11) is 1.45. The lowest BCUT2D eigenvalue weighted by Crippen LogP contribution is -2.43. The standard InChI is InChI=1S/C20H25N3O3/c1-13-9-14(2)12-22(11-13)20(25)19-17(26-4)10-18(24)23(21-19)16-8-6-5-7-15(16)3/h5-8,10,13-14H,9,11-12H2,1-4H3/t13-,14-/m0/s1. The molecule has 2 heterocycles. The first-order valence-corrected chi connectivity index (χ1v) is 8.94. The number of methoxy groups -OCH3 is 1. The monoisotopic (exact) mass is 355 g/mol. The van der Waals surface area contributed by atoms with E-state index in [0.717, 1.165) is 12.0 Å². The number of likely N-dealkylation sites (tertiary alicyclic amines) is 1. The van der Waals surface area contributed by atoms with Gasteiger partial charge in [0.2, 0.25) is 0 Å². The van der Waals surface area contributed by atoms with E-state index in [-0.39, 0.29) is 22.9 Å². The number of aromatic nitrogens is 2. The second-order valence-corrected chi connectivity index (χ2v) is 7.25. The third kappa shape index (κ3) is 3.49. The number of hydrogen-bond donors (Lipinski definition) is 0. The maximum Gasteiger partial charge on any atom is 0.278 e. The predicted molar refractivity (Wildman–Crippen MR) is 100.0 cm³/mol. The van der Waals surface area contributed by atoms with Crippen molar-refractivity contribution in [2.24, 2.45) is 11.8 Å². The smallest absolute Gasteiger partial charge is 0.278 e. The molecule has 2 atom stereocenters. The fourth-order valence-corrected chi connectivity index (χ4v) is 3.70. The van der Waals surface area contributed by atoms with Crippen LogP contribution in [0.25, 0.3) is 5.69 Å². The van der Waals surface area contributed by atoms with Crippen LogP contribution >= 0.6 is 0 Å². The predicted octanol–water partition coefficient (Wildman–Crippen LogP) is 2.67. The van der Waals surface area contributed by atoms with Crippen LogP contribution in [-0.4, -0.2) is 40.8 Å². The lowest BCUT2D eigenvalue weighted by Gasteiger charge is -2.34. The molecule has 0 unspecified atom stereocenters. The van der Waals surface area contributed by atoms with Crippen molar-refractivity contribution in [3.63, 3.8) is 0 Å². The fourth-order valence-electron chi connectivity index (χ4n) is 3.70. The Morgan fingerprint density at radius 2 is 1.85 bits per heavy atom. The van der Waals surface area contributed by atoms with E-state index in [1.165, 1.54) is 17.9 Å². The van der Waals surface area contributed by atoms with Gasteiger partial charge >= 0.3 is 0 Å². The molecule has 1 fully saturated rings. The fraction of sp³-hybridized carbons (Fsp3) is 0.450. The molecule has 1 aliphatic rings. The van der Waals surface area contributed by atoms with Crippen LogP contribution in [0.1, 0.15) is 36.3 Å². The van der Waals surface area contributed by atoms with Gasteiger partial charge in [-0.05, 0) is 36.8 Å². The van der Waals surface area contributed by atoms with Gasteiger partial charge in [-0.25, -0.2) is 0 Å². The molecule has 0 N–H and O–H groups in total. The summed E-state index contributed by atoms with van der Waals surface area (Å²) in [6.07, 6.45) is 1.11. The molecule has 0 aliphatic carbocycles. The van der Waals surface area contributed by atoms with Gasteiger partial charge in [0.25, 0.3) is 11.5 Å². The average molecular weight is 355 g/mol. The van der Waals surface area contributed by atoms with Crippen molar-refractivity contribution in [1.29, 1.82) is 0 Å². The van der Waals surface area contributed by atoms with Crippen molar-refractivity contribution in [1.82, 2.24) is 14.7 Å². The summed E-state index contributed by atoms with van der Waals surface area (Å²) >= 11 is 0. The highest BCUT2D eigenvalue weighted by atomic mass is 16.5. The summed E-state index contributed by atoms with van der Waals surface area (Å²) in [5.74, 6) is 0.908. The Kier molecular flexibility index (Phi) is 5.11. The molecule has 1 aromatic carbocycles. The number of amides is 1. The van der Waals surface area contributed by atoms with Crippen LogP contribution in [0, 0.1) is 18.8 Å². The minimum Gasteiger partial charge on any atom is -0.494 e. The van der Waals surface area contributed by atoms with Gasteiger partial charge in [0.15, 0.2) is 11.4 Å². The van der Waals surface area contributed by atoms with E-state index >= 15 is 0 Å². The largest absolute Gasteiger partial charge is 0.494 e. The second kappa shape index (κ2) is 7.32. The summed E-state index contributed by atoms with van der Waals surface area (Å²) in [5, 5.41) is 4.39. The lowest BCUT2D eigenvalue weighted by molar-refractivity contribution is 0.0611. The molecule has 3 rings (SSSR count). The number of carbonyl (C=O) groups excluding carboxylic acids is 1. The summed E-state index contributed by atoms with van der Waals surface area (Å²) in [4.78, 5) is 27.4. The minimum absolute atomic E-state index is 0.177. The van der Waals surface area contributed by atoms with E-state index in [1.807, 2.05) is 36.1 Å². The quantitative estimate of drug-likeness (QED) is 0.849. The van der Waals surface area contributed by atoms with E-state index in [4.69, 9.17) is 4.74 Å². The van der Waals surface area contributed by atoms with E-state index in [9.17, 15) is 9.59 Å². The number of para-hydroxylation sites is 1. The highest BCUT2D eigenvalue weighted by molar-refractivity contribution is 5.94. The maximum atomic E-state index is 13.1. The number of benzene rings is 1. The summed E-state index contributed by atoms with van der Waals surface area (Å²) in [5.41, 5.74) is 1.42. The van der Waals surface area contributed by atoms with Crippen molar-refractivity contribution >= 4 is 5.91 Å². The minimum atomic E-state index is -0.326. The molecule has 1 saturated heterocycles. The zero-order valence-corrected chi connectivity index (χ0v) is 15.7. The zero-order valence-electron chi connectivity index (χ0n) is 15.7. The van der Waals surface area contributed by atoms with Crippen LogP contribution in [0.4, 0.5) is 0 Å². The van der Waals surface area contributed by atoms with Crippen molar-refractivity contribution in [2.45, 2.75) is 27.2 Å². The van der Waals surface area contributed by atoms with Crippen LogP contribution < -0.4 is 10.3 Å². The molecular formula is C20H25N3O3. The summed E-state index contributed by atoms with van der Waals surface area (Å²) < 4.78 is 6.57. The van der Waals surface area contributed by atoms with E-state index in [1.54, 1.807) is 0 Å². The Morgan fingerprint density at radius 3 is 2.46 bits per heavy atom. The molecule has 0 spiro atoms. The molecule has 6 nitrogen and oxygen atoms in total. The van der Waals surface area contributed by atoms with Crippen molar-refractivity contribution in [3.05, 3.63) is 51.9 Å². The third-order valence-corrected chi connectivity index (χ3v) is 4.82. The molecule has 1 aliphatic heterocycles. The van der Waals surface area contributed by atoms with Gasteiger partial charge in [-0.2, -0.15) is 9.78 Å². The van der Waals surface area contributed by atoms with Crippen molar-refractivity contribution in [3.8, 4) is 11.4 Å². The highest BCUT2D eigenvalue weighted by Crippen LogP contribution is 2.24. The van der Waals surface area contributed by atoms with Crippen LogP contribution in [0.5, 0.6) is 5.75 Å². The second-order valence-electron chi connectivity index (χ2n) is 7.25. The van der Waals surface area contributed by atoms with Crippen molar-refractivity contribution < 1.29 is 9.53 Å². The van der Waals surface area contributed by atoms with Gasteiger partial charge in [0, 0.05) is 13.1 Å². The Morgan fingerprint density at radius 1 is 1.19 bits per heavy atom. The Balaban J connectivity index is 2.06. The molecule has 1 aromatic heterocycles. The highest BCUT2D eigenvalue weighted by Gasteiger charge is 2.29. The van der Waals surface area contributed by atoms with Gasteiger partial charge in [-0.3, -0.25) is 9.59 Å². The van der Waals surface area contributed by atoms with Crippen LogP contribution in [0.15, 0.2) is 35.1 Å². The Hall–Kier alpha value is -2.63. The van der Waals surface area contributed by atoms with E-state index in [2.05, 4.69) is 18.9 Å². The van der Waals surface area contributed by atoms with Crippen LogP contribution in [-0.2, 0) is 0 Å². The van der Waals surface area contributed by atoms with Crippen LogP contribution in [0.2, 0.25) is 0 Å². The van der Waals surface area contributed by atoms with Gasteiger partial charge in [-0.15, -0.1) is 0 Å². The maximum absolute atomic E-state index is 13.1. The van der Waals surface area contributed by atoms with Gasteiger partial charge < -0.3 is 9.64 Å². The molecule has 138 valence electrons. The number of ether oxygens (including phenoxy) is 1. The first kappa shape index (κ1) is 18.2. The SMILES string of the molecule is COc1cc(=O)n(-c2ccccc2C)nc1C(=O)N1C[C@@H](C)C[C@H](C)C1. The molecular weight excluding hydrogens is 330 g/mol. The number of carbonyl (C=O) groups is 1. The third-order valence-electron chi connectivity index (χ3n) is 4.82. The number of rotatable bonds is 3. The molecule has 1 amide bonds. The Labute approximate surface area is 153 Å². The van der Waals surface area contributed by atoms with Crippen molar-refractivity contribution in [2.75, 3.05) is 20.2 Å². The molecule has 26 heavy (non-hydrogen) atoms. The number of aryl methyl sites for hydroxylation is 1. The summed E-state index contributed by atoms with van der Waals surface area (Å²) in [6.45, 7) is 7.59. The van der Waals surface area contributed by atoms with Gasteiger partial charge in [0.05, 0.1) is 18.9 Å². The molecule has 2 aromatic rings. The normalized spacial score (nSPS) is 20.1. The number of nitrogens with zero attached hydrogens (tertiary/aromatic N) is 3. The molecule has 6 heteroatoms.